The molecule has 6 heteroatoms. The summed E-state index contributed by atoms with van der Waals surface area (Å²) in [5.74, 6) is 2.68. The molecule has 2 saturated carbocycles. The summed E-state index contributed by atoms with van der Waals surface area (Å²) >= 11 is 0. The highest BCUT2D eigenvalue weighted by molar-refractivity contribution is 14.0. The molecule has 1 saturated heterocycles. The van der Waals surface area contributed by atoms with Crippen LogP contribution >= 0.6 is 24.0 Å². The molecule has 0 bridgehead atoms. The fourth-order valence-corrected chi connectivity index (χ4v) is 4.67. The first-order valence-corrected chi connectivity index (χ1v) is 10.1. The Balaban J connectivity index is 0.00000225. The van der Waals surface area contributed by atoms with Gasteiger partial charge in [-0.3, -0.25) is 4.79 Å². The molecule has 0 aromatic rings. The van der Waals surface area contributed by atoms with Crippen LogP contribution < -0.4 is 10.6 Å². The fourth-order valence-electron chi connectivity index (χ4n) is 4.67. The standard InChI is InChI=1S/C19H34N4O.HI/c1-2-20-19(23-13-15-8-6-7-9-16(15)14-23)21-12-18(24)22-17-10-4-3-5-11-17;/h15-17H,2-14H2,1H3,(H,20,21)(H,22,24);1H. The van der Waals surface area contributed by atoms with Gasteiger partial charge in [0, 0.05) is 25.7 Å². The van der Waals surface area contributed by atoms with Crippen LogP contribution in [0.4, 0.5) is 0 Å². The third kappa shape index (κ3) is 6.00. The normalized spacial score (nSPS) is 27.4. The number of guanidine groups is 1. The Morgan fingerprint density at radius 2 is 1.60 bits per heavy atom. The van der Waals surface area contributed by atoms with Crippen LogP contribution in [0, 0.1) is 11.8 Å². The SMILES string of the molecule is CCNC(=NCC(=O)NC1CCCCC1)N1CC2CCCCC2C1.I. The number of nitrogens with zero attached hydrogens (tertiary/aromatic N) is 2. The quantitative estimate of drug-likeness (QED) is 0.384. The van der Waals surface area contributed by atoms with E-state index in [2.05, 4.69) is 27.4 Å². The summed E-state index contributed by atoms with van der Waals surface area (Å²) in [4.78, 5) is 19.2. The first kappa shape index (κ1) is 20.8. The molecule has 1 aliphatic heterocycles. The van der Waals surface area contributed by atoms with E-state index in [1.807, 2.05) is 0 Å². The predicted octanol–water partition coefficient (Wildman–Crippen LogP) is 3.14. The fraction of sp³-hybridized carbons (Fsp3) is 0.895. The van der Waals surface area contributed by atoms with Gasteiger partial charge < -0.3 is 15.5 Å². The number of halogens is 1. The molecule has 2 aliphatic carbocycles. The van der Waals surface area contributed by atoms with Crippen LogP contribution in [0.15, 0.2) is 4.99 Å². The lowest BCUT2D eigenvalue weighted by atomic mass is 9.82. The van der Waals surface area contributed by atoms with Gasteiger partial charge in [-0.25, -0.2) is 4.99 Å². The second kappa shape index (κ2) is 10.6. The van der Waals surface area contributed by atoms with Gasteiger partial charge in [0.15, 0.2) is 5.96 Å². The van der Waals surface area contributed by atoms with Gasteiger partial charge in [-0.2, -0.15) is 0 Å². The number of fused-ring (bicyclic) bond motifs is 1. The van der Waals surface area contributed by atoms with Crippen molar-refractivity contribution in [2.24, 2.45) is 16.8 Å². The summed E-state index contributed by atoms with van der Waals surface area (Å²) in [6.07, 6.45) is 11.5. The summed E-state index contributed by atoms with van der Waals surface area (Å²) in [6.45, 7) is 5.43. The van der Waals surface area contributed by atoms with Gasteiger partial charge in [0.2, 0.25) is 5.91 Å². The van der Waals surface area contributed by atoms with Crippen molar-refractivity contribution < 1.29 is 4.79 Å². The number of aliphatic imine (C=N–C) groups is 1. The zero-order valence-electron chi connectivity index (χ0n) is 15.6. The number of amides is 1. The number of carbonyl (C=O) groups excluding carboxylic acids is 1. The molecule has 3 rings (SSSR count). The number of likely N-dealkylation sites (tertiary alicyclic amines) is 1. The van der Waals surface area contributed by atoms with Gasteiger partial charge >= 0.3 is 0 Å². The van der Waals surface area contributed by atoms with E-state index in [0.29, 0.717) is 6.04 Å². The maximum absolute atomic E-state index is 12.2. The second-order valence-electron chi connectivity index (χ2n) is 7.78. The van der Waals surface area contributed by atoms with Gasteiger partial charge in [-0.05, 0) is 44.4 Å². The Morgan fingerprint density at radius 1 is 1.00 bits per heavy atom. The molecular weight excluding hydrogens is 427 g/mol. The average molecular weight is 462 g/mol. The summed E-state index contributed by atoms with van der Waals surface area (Å²) < 4.78 is 0. The number of hydrogen-bond acceptors (Lipinski definition) is 2. The number of hydrogen-bond donors (Lipinski definition) is 2. The van der Waals surface area contributed by atoms with E-state index in [0.717, 1.165) is 50.3 Å². The summed E-state index contributed by atoms with van der Waals surface area (Å²) in [5.41, 5.74) is 0. The van der Waals surface area contributed by atoms with E-state index < -0.39 is 0 Å². The summed E-state index contributed by atoms with van der Waals surface area (Å²) in [7, 11) is 0. The monoisotopic (exact) mass is 462 g/mol. The van der Waals surface area contributed by atoms with Crippen molar-refractivity contribution in [3.63, 3.8) is 0 Å². The van der Waals surface area contributed by atoms with Crippen molar-refractivity contribution in [3.05, 3.63) is 0 Å². The van der Waals surface area contributed by atoms with E-state index in [-0.39, 0.29) is 36.4 Å². The van der Waals surface area contributed by atoms with Crippen LogP contribution in [0.1, 0.15) is 64.7 Å². The highest BCUT2D eigenvalue weighted by atomic mass is 127. The van der Waals surface area contributed by atoms with Gasteiger partial charge in [0.25, 0.3) is 0 Å². The molecule has 2 N–H and O–H groups in total. The predicted molar refractivity (Wildman–Crippen MR) is 113 cm³/mol. The highest BCUT2D eigenvalue weighted by Crippen LogP contribution is 2.35. The van der Waals surface area contributed by atoms with Crippen LogP contribution in [0.3, 0.4) is 0 Å². The van der Waals surface area contributed by atoms with Crippen molar-refractivity contribution in [2.75, 3.05) is 26.2 Å². The first-order valence-electron chi connectivity index (χ1n) is 10.1. The molecule has 0 spiro atoms. The Hall–Kier alpha value is -0.530. The van der Waals surface area contributed by atoms with E-state index >= 15 is 0 Å². The Labute approximate surface area is 169 Å². The molecule has 5 nitrogen and oxygen atoms in total. The Morgan fingerprint density at radius 3 is 2.20 bits per heavy atom. The van der Waals surface area contributed by atoms with Crippen molar-refractivity contribution in [3.8, 4) is 0 Å². The number of carbonyl (C=O) groups is 1. The van der Waals surface area contributed by atoms with Crippen molar-refractivity contribution >= 4 is 35.8 Å². The molecule has 0 radical (unpaired) electrons. The summed E-state index contributed by atoms with van der Waals surface area (Å²) in [5, 5.41) is 6.55. The lowest BCUT2D eigenvalue weighted by Crippen LogP contribution is -2.42. The van der Waals surface area contributed by atoms with E-state index in [1.54, 1.807) is 0 Å². The van der Waals surface area contributed by atoms with Crippen LogP contribution in [0.5, 0.6) is 0 Å². The zero-order valence-corrected chi connectivity index (χ0v) is 18.0. The molecule has 1 amide bonds. The largest absolute Gasteiger partial charge is 0.357 e. The molecule has 144 valence electrons. The lowest BCUT2D eigenvalue weighted by molar-refractivity contribution is -0.120. The molecule has 3 aliphatic rings. The third-order valence-corrected chi connectivity index (χ3v) is 5.95. The van der Waals surface area contributed by atoms with Crippen LogP contribution in [-0.2, 0) is 4.79 Å². The van der Waals surface area contributed by atoms with Gasteiger partial charge in [0.1, 0.15) is 6.54 Å². The number of rotatable bonds is 4. The minimum atomic E-state index is 0. The Kier molecular flexibility index (Phi) is 8.79. The van der Waals surface area contributed by atoms with Gasteiger partial charge in [-0.15, -0.1) is 24.0 Å². The van der Waals surface area contributed by atoms with Crippen molar-refractivity contribution in [1.29, 1.82) is 0 Å². The van der Waals surface area contributed by atoms with Crippen LogP contribution in [-0.4, -0.2) is 49.0 Å². The molecule has 25 heavy (non-hydrogen) atoms. The zero-order chi connectivity index (χ0) is 16.8. The molecule has 2 atom stereocenters. The smallest absolute Gasteiger partial charge is 0.242 e. The highest BCUT2D eigenvalue weighted by Gasteiger charge is 2.35. The van der Waals surface area contributed by atoms with Gasteiger partial charge in [0.05, 0.1) is 0 Å². The third-order valence-electron chi connectivity index (χ3n) is 5.95. The lowest BCUT2D eigenvalue weighted by Gasteiger charge is -2.23. The Bertz CT molecular complexity index is 437. The topological polar surface area (TPSA) is 56.7 Å². The first-order chi connectivity index (χ1) is 11.8. The molecule has 2 unspecified atom stereocenters. The van der Waals surface area contributed by atoms with Gasteiger partial charge in [-0.1, -0.05) is 32.1 Å². The number of nitrogens with one attached hydrogen (secondary N) is 2. The maximum Gasteiger partial charge on any atom is 0.242 e. The van der Waals surface area contributed by atoms with Crippen LogP contribution in [0.25, 0.3) is 0 Å². The van der Waals surface area contributed by atoms with E-state index in [4.69, 9.17) is 0 Å². The van der Waals surface area contributed by atoms with E-state index in [1.165, 1.54) is 44.9 Å². The van der Waals surface area contributed by atoms with E-state index in [9.17, 15) is 4.79 Å². The van der Waals surface area contributed by atoms with Crippen LogP contribution in [0.2, 0.25) is 0 Å². The van der Waals surface area contributed by atoms with Crippen molar-refractivity contribution in [1.82, 2.24) is 15.5 Å². The molecular formula is C19H35IN4O. The molecule has 0 aromatic heterocycles. The minimum absolute atomic E-state index is 0. The minimum Gasteiger partial charge on any atom is -0.357 e. The maximum atomic E-state index is 12.2. The summed E-state index contributed by atoms with van der Waals surface area (Å²) in [6, 6.07) is 0.374. The second-order valence-corrected chi connectivity index (χ2v) is 7.78. The van der Waals surface area contributed by atoms with Crippen molar-refractivity contribution in [2.45, 2.75) is 70.8 Å². The molecule has 0 aromatic carbocycles. The average Bonchev–Trinajstić information content (AvgIpc) is 3.03. The molecule has 1 heterocycles. The molecule has 3 fully saturated rings.